The van der Waals surface area contributed by atoms with Crippen LogP contribution < -0.4 is 11.2 Å². The van der Waals surface area contributed by atoms with Crippen LogP contribution in [0.25, 0.3) is 0 Å². The van der Waals surface area contributed by atoms with E-state index in [4.69, 9.17) is 14.5 Å². The molecule has 1 aliphatic heterocycles. The Hall–Kier alpha value is -0.950. The smallest absolute Gasteiger partial charge is 0.352 e. The maximum atomic E-state index is 12.4. The summed E-state index contributed by atoms with van der Waals surface area (Å²) in [5.74, 6) is -0.699. The van der Waals surface area contributed by atoms with Crippen LogP contribution in [0, 0.1) is 11.8 Å². The van der Waals surface area contributed by atoms with Gasteiger partial charge in [0.15, 0.2) is 0 Å². The molecular formula is C15H27N2O13P3. The number of hydrogen-bond acceptors (Lipinski definition) is 9. The normalized spacial score (nSPS) is 27.8. The number of nitrogens with zero attached hydrogens (tertiary/aromatic N) is 1. The van der Waals surface area contributed by atoms with Gasteiger partial charge in [0.25, 0.3) is 5.56 Å². The third-order valence-electron chi connectivity index (χ3n) is 5.05. The summed E-state index contributed by atoms with van der Waals surface area (Å²) in [4.78, 5) is 62.8. The summed E-state index contributed by atoms with van der Waals surface area (Å²) in [5, 5.41) is 0. The van der Waals surface area contributed by atoms with Crippen molar-refractivity contribution in [1.82, 2.24) is 9.55 Å². The molecule has 0 radical (unpaired) electrons. The van der Waals surface area contributed by atoms with Crippen LogP contribution in [0.5, 0.6) is 0 Å². The molecule has 0 amide bonds. The highest BCUT2D eigenvalue weighted by atomic mass is 31.3. The Bertz CT molecular complexity index is 1130. The van der Waals surface area contributed by atoms with Gasteiger partial charge in [-0.2, -0.15) is 8.62 Å². The van der Waals surface area contributed by atoms with Crippen LogP contribution in [-0.2, 0) is 37.0 Å². The third kappa shape index (κ3) is 7.51. The summed E-state index contributed by atoms with van der Waals surface area (Å²) in [6.45, 7) is 8.18. The number of nitrogens with one attached hydrogen (secondary N) is 1. The second-order valence-corrected chi connectivity index (χ2v) is 13.0. The summed E-state index contributed by atoms with van der Waals surface area (Å²) in [5.41, 5.74) is -1.49. The molecule has 190 valence electrons. The van der Waals surface area contributed by atoms with Crippen LogP contribution in [0.1, 0.15) is 46.4 Å². The predicted octanol–water partition coefficient (Wildman–Crippen LogP) is 1.35. The molecular weight excluding hydrogens is 509 g/mol. The first-order valence-electron chi connectivity index (χ1n) is 9.52. The van der Waals surface area contributed by atoms with Crippen LogP contribution in [0.15, 0.2) is 15.8 Å². The molecule has 1 aromatic heterocycles. The molecule has 5 N–H and O–H groups in total. The van der Waals surface area contributed by atoms with Gasteiger partial charge in [0, 0.05) is 17.7 Å². The van der Waals surface area contributed by atoms with E-state index < -0.39 is 59.1 Å². The zero-order chi connectivity index (χ0) is 25.6. The van der Waals surface area contributed by atoms with Crippen LogP contribution in [0.4, 0.5) is 0 Å². The molecule has 0 bridgehead atoms. The maximum Gasteiger partial charge on any atom is 0.490 e. The van der Waals surface area contributed by atoms with Crippen molar-refractivity contribution in [2.75, 3.05) is 6.61 Å². The molecule has 1 aromatic rings. The summed E-state index contributed by atoms with van der Waals surface area (Å²) in [6, 6.07) is 0. The molecule has 2 heterocycles. The monoisotopic (exact) mass is 536 g/mol. The molecule has 0 saturated carbocycles. The number of H-pyrrole nitrogens is 1. The molecule has 33 heavy (non-hydrogen) atoms. The van der Waals surface area contributed by atoms with Crippen molar-refractivity contribution in [3.8, 4) is 0 Å². The van der Waals surface area contributed by atoms with Gasteiger partial charge in [0.2, 0.25) is 0 Å². The van der Waals surface area contributed by atoms with Gasteiger partial charge in [-0.05, 0) is 11.3 Å². The topological polar surface area (TPSA) is 224 Å². The van der Waals surface area contributed by atoms with Crippen LogP contribution in [-0.4, -0.2) is 41.8 Å². The number of ether oxygens (including phenoxy) is 1. The van der Waals surface area contributed by atoms with Crippen molar-refractivity contribution >= 4 is 23.5 Å². The first kappa shape index (κ1) is 28.3. The number of hydrogen-bond donors (Lipinski definition) is 5. The minimum Gasteiger partial charge on any atom is -0.352 e. The SMILES string of the molecule is CC1[C@@H](C)[C@@H](COP(=O)(O)OP(=O)(O)OP(=O)(O)O)O[C@H]1n1cc(C(C)(C)C)c(=O)[nH]c1=O. The van der Waals surface area contributed by atoms with Crippen molar-refractivity contribution < 1.29 is 51.2 Å². The molecule has 3 unspecified atom stereocenters. The molecule has 0 spiro atoms. The van der Waals surface area contributed by atoms with Gasteiger partial charge < -0.3 is 24.3 Å². The summed E-state index contributed by atoms with van der Waals surface area (Å²) >= 11 is 0. The van der Waals surface area contributed by atoms with Crippen molar-refractivity contribution in [3.63, 3.8) is 0 Å². The quantitative estimate of drug-likeness (QED) is 0.296. The lowest BCUT2D eigenvalue weighted by Crippen LogP contribution is -2.38. The number of phosphoric acid groups is 3. The average molecular weight is 536 g/mol. The molecule has 1 fully saturated rings. The average Bonchev–Trinajstić information content (AvgIpc) is 2.84. The highest BCUT2D eigenvalue weighted by molar-refractivity contribution is 7.66. The zero-order valence-corrected chi connectivity index (χ0v) is 21.0. The number of phosphoric ester groups is 1. The largest absolute Gasteiger partial charge is 0.490 e. The molecule has 0 aliphatic carbocycles. The number of rotatable bonds is 8. The summed E-state index contributed by atoms with van der Waals surface area (Å²) in [6.07, 6.45) is -0.383. The molecule has 6 atom stereocenters. The standard InChI is InChI=1S/C15H27N2O13P3/c1-8-9(2)13(17-6-10(15(3,4)5)12(18)16-14(17)19)28-11(8)7-27-32(23,24)30-33(25,26)29-31(20,21)22/h6,8-9,11,13H,7H2,1-5H3,(H,23,24)(H,25,26)(H,16,18,19)(H2,20,21,22)/t8-,9?,11-,13-/m1/s1. The van der Waals surface area contributed by atoms with Gasteiger partial charge in [0.05, 0.1) is 12.7 Å². The van der Waals surface area contributed by atoms with Gasteiger partial charge in [-0.3, -0.25) is 18.9 Å². The van der Waals surface area contributed by atoms with E-state index in [1.54, 1.807) is 34.6 Å². The van der Waals surface area contributed by atoms with Crippen LogP contribution in [0.3, 0.4) is 0 Å². The number of aromatic amines is 1. The fourth-order valence-corrected chi connectivity index (χ4v) is 6.24. The maximum absolute atomic E-state index is 12.4. The Labute approximate surface area is 188 Å². The van der Waals surface area contributed by atoms with Gasteiger partial charge in [-0.1, -0.05) is 34.6 Å². The summed E-state index contributed by atoms with van der Waals surface area (Å²) < 4.78 is 53.1. The first-order valence-corrected chi connectivity index (χ1v) is 14.0. The van der Waals surface area contributed by atoms with E-state index in [0.717, 1.165) is 0 Å². The second-order valence-electron chi connectivity index (χ2n) is 8.63. The van der Waals surface area contributed by atoms with E-state index in [0.29, 0.717) is 5.56 Å². The molecule has 1 aliphatic rings. The van der Waals surface area contributed by atoms with E-state index in [-0.39, 0.29) is 11.8 Å². The zero-order valence-electron chi connectivity index (χ0n) is 18.3. The number of aromatic nitrogens is 2. The summed E-state index contributed by atoms with van der Waals surface area (Å²) in [7, 11) is -16.5. The van der Waals surface area contributed by atoms with Crippen molar-refractivity contribution in [2.24, 2.45) is 11.8 Å². The molecule has 1 saturated heterocycles. The Kier molecular flexibility index (Phi) is 8.23. The van der Waals surface area contributed by atoms with E-state index in [1.165, 1.54) is 10.8 Å². The minimum absolute atomic E-state index is 0.335. The Morgan fingerprint density at radius 3 is 2.12 bits per heavy atom. The van der Waals surface area contributed by atoms with Gasteiger partial charge in [-0.25, -0.2) is 18.5 Å². The lowest BCUT2D eigenvalue weighted by Gasteiger charge is -2.23. The predicted molar refractivity (Wildman–Crippen MR) is 112 cm³/mol. The second kappa shape index (κ2) is 9.60. The van der Waals surface area contributed by atoms with E-state index in [1.807, 2.05) is 0 Å². The fraction of sp³-hybridized carbons (Fsp3) is 0.733. The minimum atomic E-state index is -5.64. The van der Waals surface area contributed by atoms with Gasteiger partial charge in [-0.15, -0.1) is 0 Å². The van der Waals surface area contributed by atoms with Crippen LogP contribution >= 0.6 is 23.5 Å². The van der Waals surface area contributed by atoms with Gasteiger partial charge in [0.1, 0.15) is 6.23 Å². The Morgan fingerprint density at radius 2 is 1.61 bits per heavy atom. The fourth-order valence-electron chi connectivity index (χ4n) is 3.21. The van der Waals surface area contributed by atoms with Crippen molar-refractivity contribution in [2.45, 2.75) is 52.4 Å². The lowest BCUT2D eigenvalue weighted by molar-refractivity contribution is -0.0372. The molecule has 2 rings (SSSR count). The third-order valence-corrected chi connectivity index (χ3v) is 8.85. The lowest BCUT2D eigenvalue weighted by atomic mass is 9.89. The van der Waals surface area contributed by atoms with E-state index >= 15 is 0 Å². The first-order chi connectivity index (χ1) is 14.7. The Morgan fingerprint density at radius 1 is 1.03 bits per heavy atom. The molecule has 0 aromatic carbocycles. The van der Waals surface area contributed by atoms with E-state index in [2.05, 4.69) is 18.1 Å². The van der Waals surface area contributed by atoms with Gasteiger partial charge >= 0.3 is 29.2 Å². The van der Waals surface area contributed by atoms with Crippen molar-refractivity contribution in [3.05, 3.63) is 32.6 Å². The highest BCUT2D eigenvalue weighted by Crippen LogP contribution is 2.66. The Balaban J connectivity index is 2.18. The molecule has 15 nitrogen and oxygen atoms in total. The highest BCUT2D eigenvalue weighted by Gasteiger charge is 2.44. The molecule has 18 heteroatoms. The van der Waals surface area contributed by atoms with Crippen LogP contribution in [0.2, 0.25) is 0 Å². The van der Waals surface area contributed by atoms with E-state index in [9.17, 15) is 33.1 Å². The van der Waals surface area contributed by atoms with Crippen molar-refractivity contribution in [1.29, 1.82) is 0 Å².